The van der Waals surface area contributed by atoms with Crippen LogP contribution in [0.1, 0.15) is 17.0 Å². The lowest BCUT2D eigenvalue weighted by Crippen LogP contribution is -2.17. The molecule has 0 aliphatic rings. The molecule has 12 heteroatoms. The molecule has 0 saturated heterocycles. The summed E-state index contributed by atoms with van der Waals surface area (Å²) in [6, 6.07) is 0.0274. The van der Waals surface area contributed by atoms with Crippen molar-refractivity contribution in [3.8, 4) is 0 Å². The summed E-state index contributed by atoms with van der Waals surface area (Å²) >= 11 is 68.0. The van der Waals surface area contributed by atoms with Gasteiger partial charge in [-0.1, -0.05) is 92.8 Å². The van der Waals surface area contributed by atoms with E-state index in [1.807, 2.05) is 0 Å². The van der Waals surface area contributed by atoms with E-state index in [0.717, 1.165) is 0 Å². The molecule has 0 fully saturated rings. The summed E-state index contributed by atoms with van der Waals surface area (Å²) in [5.41, 5.74) is 0.947. The van der Waals surface area contributed by atoms with Crippen molar-refractivity contribution in [2.24, 2.45) is 0 Å². The zero-order chi connectivity index (χ0) is 20.0. The van der Waals surface area contributed by atoms with Crippen LogP contribution in [0, 0.1) is 0 Å². The Hall–Kier alpha value is 1.85. The van der Waals surface area contributed by atoms with E-state index in [0.29, 0.717) is 11.1 Å². The maximum absolute atomic E-state index is 6.38. The first-order chi connectivity index (χ1) is 11.8. The molecule has 0 atom stereocenters. The third-order valence-electron chi connectivity index (χ3n) is 3.45. The highest BCUT2D eigenvalue weighted by atomic mass is 35.8. The van der Waals surface area contributed by atoms with Crippen LogP contribution in [-0.4, -0.2) is 6.00 Å². The van der Waals surface area contributed by atoms with Gasteiger partial charge in [0.25, 0.3) is 0 Å². The van der Waals surface area contributed by atoms with Crippen LogP contribution in [0.5, 0.6) is 0 Å². The fraction of sp³-hybridized carbons (Fsp3) is 0.143. The van der Waals surface area contributed by atoms with Crippen LogP contribution in [0.3, 0.4) is 0 Å². The minimum absolute atomic E-state index is 0.0779. The predicted octanol–water partition coefficient (Wildman–Crippen LogP) is 10.7. The summed E-state index contributed by atoms with van der Waals surface area (Å²) in [5, 5.41) is 1.09. The zero-order valence-electron chi connectivity index (χ0n) is 12.1. The number of halogens is 11. The second kappa shape index (κ2) is 9.33. The first-order valence-corrected chi connectivity index (χ1v) is 14.8. The van der Waals surface area contributed by atoms with Gasteiger partial charge in [0.05, 0.1) is 40.2 Å². The van der Waals surface area contributed by atoms with Gasteiger partial charge in [0.1, 0.15) is 0 Å². The Morgan fingerprint density at radius 1 is 0.577 bits per heavy atom. The molecule has 2 aromatic carbocycles. The van der Waals surface area contributed by atoms with Gasteiger partial charge < -0.3 is 0 Å². The molecule has 0 unspecified atom stereocenters. The highest BCUT2D eigenvalue weighted by Gasteiger charge is 2.35. The van der Waals surface area contributed by atoms with Crippen LogP contribution in [0.15, 0.2) is 12.1 Å². The normalized spacial score (nSPS) is 12.2. The second-order valence-corrected chi connectivity index (χ2v) is 17.4. The van der Waals surface area contributed by atoms with Gasteiger partial charge in [-0.3, -0.25) is 0 Å². The molecular formula is C14H5Cl11Si. The van der Waals surface area contributed by atoms with Crippen molar-refractivity contribution >= 4 is 132 Å². The predicted molar refractivity (Wildman–Crippen MR) is 123 cm³/mol. The van der Waals surface area contributed by atoms with E-state index >= 15 is 0 Å². The van der Waals surface area contributed by atoms with Crippen molar-refractivity contribution in [2.45, 2.75) is 12.0 Å². The molecule has 0 aliphatic carbocycles. The Morgan fingerprint density at radius 2 is 0.923 bits per heavy atom. The van der Waals surface area contributed by atoms with Crippen molar-refractivity contribution < 1.29 is 0 Å². The SMILES string of the molecule is Clc1cc(C(C[Si](Cl)(Cl)Cl)c2cc(Cl)c(Cl)c(Cl)c2Cl)c(Cl)c(Cl)c1Cl. The molecule has 0 nitrogen and oxygen atoms in total. The summed E-state index contributed by atoms with van der Waals surface area (Å²) in [6.07, 6.45) is 0. The molecule has 0 N–H and O–H groups in total. The molecule has 0 spiro atoms. The molecular weight excluding hydrogens is 586 g/mol. The fourth-order valence-electron chi connectivity index (χ4n) is 2.31. The first kappa shape index (κ1) is 24.1. The van der Waals surface area contributed by atoms with Gasteiger partial charge >= 0.3 is 6.00 Å². The average Bonchev–Trinajstić information content (AvgIpc) is 2.55. The lowest BCUT2D eigenvalue weighted by atomic mass is 9.92. The van der Waals surface area contributed by atoms with Gasteiger partial charge in [-0.15, -0.1) is 33.2 Å². The van der Waals surface area contributed by atoms with Crippen LogP contribution in [0.2, 0.25) is 46.2 Å². The van der Waals surface area contributed by atoms with Crippen molar-refractivity contribution in [2.75, 3.05) is 0 Å². The lowest BCUT2D eigenvalue weighted by Gasteiger charge is -2.25. The highest BCUT2D eigenvalue weighted by molar-refractivity contribution is 7.64. The minimum atomic E-state index is -3.17. The topological polar surface area (TPSA) is 0 Å². The third-order valence-corrected chi connectivity index (χ3v) is 9.24. The van der Waals surface area contributed by atoms with Crippen molar-refractivity contribution in [1.29, 1.82) is 0 Å². The molecule has 142 valence electrons. The Labute approximate surface area is 205 Å². The van der Waals surface area contributed by atoms with Gasteiger partial charge in [0, 0.05) is 5.92 Å². The van der Waals surface area contributed by atoms with Crippen LogP contribution >= 0.6 is 126 Å². The van der Waals surface area contributed by atoms with Gasteiger partial charge in [0.15, 0.2) is 0 Å². The summed E-state index contributed by atoms with van der Waals surface area (Å²) < 4.78 is 0. The Kier molecular flexibility index (Phi) is 8.65. The van der Waals surface area contributed by atoms with Crippen molar-refractivity contribution in [1.82, 2.24) is 0 Å². The fourth-order valence-corrected chi connectivity index (χ4v) is 6.50. The number of rotatable bonds is 4. The van der Waals surface area contributed by atoms with Gasteiger partial charge in [0.2, 0.25) is 0 Å². The van der Waals surface area contributed by atoms with E-state index in [1.54, 1.807) is 12.1 Å². The Morgan fingerprint density at radius 3 is 1.23 bits per heavy atom. The van der Waals surface area contributed by atoms with E-state index < -0.39 is 11.9 Å². The first-order valence-electron chi connectivity index (χ1n) is 6.57. The van der Waals surface area contributed by atoms with Crippen molar-refractivity contribution in [3.05, 3.63) is 63.4 Å². The molecule has 2 aromatic rings. The molecule has 0 heterocycles. The number of benzene rings is 2. The van der Waals surface area contributed by atoms with Crippen LogP contribution in [0.25, 0.3) is 0 Å². The van der Waals surface area contributed by atoms with Gasteiger partial charge in [-0.05, 0) is 29.3 Å². The average molecular weight is 591 g/mol. The molecule has 0 bridgehead atoms. The molecule has 0 amide bonds. The summed E-state index contributed by atoms with van der Waals surface area (Å²) in [6.45, 7) is 0. The standard InChI is InChI=1S/C14H5Cl11Si/c15-7-1-4(9(17)13(21)11(7)19)6(3-26(23,24)25)5-2-8(16)12(20)14(22)10(5)18/h1-2,6H,3H2. The highest BCUT2D eigenvalue weighted by Crippen LogP contribution is 2.50. The smallest absolute Gasteiger partial charge is 0.126 e. The summed E-state index contributed by atoms with van der Waals surface area (Å²) in [5.74, 6) is -0.603. The Bertz CT molecular complexity index is 796. The summed E-state index contributed by atoms with van der Waals surface area (Å²) in [7, 11) is 0. The molecule has 0 saturated carbocycles. The lowest BCUT2D eigenvalue weighted by molar-refractivity contribution is 0.914. The van der Waals surface area contributed by atoms with E-state index in [1.165, 1.54) is 0 Å². The summed E-state index contributed by atoms with van der Waals surface area (Å²) in [4.78, 5) is 0. The van der Waals surface area contributed by atoms with Gasteiger partial charge in [-0.2, -0.15) is 0 Å². The van der Waals surface area contributed by atoms with E-state index in [4.69, 9.17) is 126 Å². The van der Waals surface area contributed by atoms with Crippen LogP contribution in [-0.2, 0) is 0 Å². The molecule has 0 aliphatic heterocycles. The molecule has 0 aromatic heterocycles. The second-order valence-electron chi connectivity index (χ2n) is 5.15. The monoisotopic (exact) mass is 586 g/mol. The zero-order valence-corrected chi connectivity index (χ0v) is 21.4. The maximum Gasteiger partial charge on any atom is 0.342 e. The van der Waals surface area contributed by atoms with Crippen molar-refractivity contribution in [3.63, 3.8) is 0 Å². The van der Waals surface area contributed by atoms with E-state index in [2.05, 4.69) is 0 Å². The van der Waals surface area contributed by atoms with E-state index in [-0.39, 0.29) is 46.2 Å². The largest absolute Gasteiger partial charge is 0.342 e. The van der Waals surface area contributed by atoms with Crippen LogP contribution in [0.4, 0.5) is 0 Å². The molecule has 2 rings (SSSR count). The maximum atomic E-state index is 6.38. The number of hydrogen-bond donors (Lipinski definition) is 0. The minimum Gasteiger partial charge on any atom is -0.126 e. The van der Waals surface area contributed by atoms with Crippen LogP contribution < -0.4 is 0 Å². The molecule has 26 heavy (non-hydrogen) atoms. The van der Waals surface area contributed by atoms with Gasteiger partial charge in [-0.25, -0.2) is 0 Å². The Balaban J connectivity index is 2.80. The molecule has 0 radical (unpaired) electrons. The number of hydrogen-bond acceptors (Lipinski definition) is 0. The quantitative estimate of drug-likeness (QED) is 0.144. The third kappa shape index (κ3) is 5.30. The van der Waals surface area contributed by atoms with E-state index in [9.17, 15) is 0 Å².